The zero-order chi connectivity index (χ0) is 13.3. The third kappa shape index (κ3) is 2.45. The van der Waals surface area contributed by atoms with E-state index < -0.39 is 0 Å². The quantitative estimate of drug-likeness (QED) is 0.854. The molecule has 1 aromatic carbocycles. The molecule has 0 aliphatic carbocycles. The molecule has 2 rings (SSSR count). The molecule has 5 nitrogen and oxygen atoms in total. The van der Waals surface area contributed by atoms with Crippen molar-refractivity contribution < 1.29 is 9.53 Å². The molecule has 0 saturated heterocycles. The second-order valence-corrected chi connectivity index (χ2v) is 5.19. The Labute approximate surface area is 106 Å². The molecule has 96 valence electrons. The van der Waals surface area contributed by atoms with Crippen LogP contribution in [0.25, 0.3) is 10.9 Å². The van der Waals surface area contributed by atoms with E-state index in [4.69, 9.17) is 4.74 Å². The molecule has 18 heavy (non-hydrogen) atoms. The molecule has 0 radical (unpaired) electrons. The molecule has 0 aliphatic rings. The molecule has 0 atom stereocenters. The smallest absolute Gasteiger partial charge is 0.272 e. The van der Waals surface area contributed by atoms with Crippen LogP contribution in [0.15, 0.2) is 18.2 Å². The number of methoxy groups -OCH3 is 1. The third-order valence-corrected chi connectivity index (χ3v) is 2.47. The molecule has 1 heterocycles. The van der Waals surface area contributed by atoms with Crippen molar-refractivity contribution in [3.05, 3.63) is 23.9 Å². The largest absolute Gasteiger partial charge is 0.497 e. The maximum absolute atomic E-state index is 12.1. The highest BCUT2D eigenvalue weighted by Gasteiger charge is 2.19. The van der Waals surface area contributed by atoms with Gasteiger partial charge >= 0.3 is 0 Å². The lowest BCUT2D eigenvalue weighted by atomic mass is 10.1. The van der Waals surface area contributed by atoms with E-state index in [9.17, 15) is 4.79 Å². The predicted molar refractivity (Wildman–Crippen MR) is 69.9 cm³/mol. The first kappa shape index (κ1) is 12.4. The Morgan fingerprint density at radius 3 is 2.72 bits per heavy atom. The molecule has 5 heteroatoms. The Hall–Kier alpha value is -2.04. The average molecular weight is 247 g/mol. The molecule has 1 amide bonds. The monoisotopic (exact) mass is 247 g/mol. The summed E-state index contributed by atoms with van der Waals surface area (Å²) in [4.78, 5) is 12.1. The molecule has 2 aromatic rings. The summed E-state index contributed by atoms with van der Waals surface area (Å²) in [6.45, 7) is 5.80. The van der Waals surface area contributed by atoms with Gasteiger partial charge in [0, 0.05) is 17.0 Å². The molecule has 1 aromatic heterocycles. The van der Waals surface area contributed by atoms with Gasteiger partial charge in [-0.25, -0.2) is 0 Å². The zero-order valence-electron chi connectivity index (χ0n) is 11.0. The van der Waals surface area contributed by atoms with E-state index in [1.54, 1.807) is 7.11 Å². The van der Waals surface area contributed by atoms with Crippen LogP contribution >= 0.6 is 0 Å². The summed E-state index contributed by atoms with van der Waals surface area (Å²) in [6, 6.07) is 5.46. The highest BCUT2D eigenvalue weighted by Crippen LogP contribution is 2.21. The zero-order valence-corrected chi connectivity index (χ0v) is 11.0. The van der Waals surface area contributed by atoms with E-state index in [0.29, 0.717) is 5.69 Å². The van der Waals surface area contributed by atoms with Crippen LogP contribution in [0.4, 0.5) is 0 Å². The van der Waals surface area contributed by atoms with Crippen molar-refractivity contribution in [2.45, 2.75) is 26.3 Å². The van der Waals surface area contributed by atoms with Gasteiger partial charge in [0.15, 0.2) is 5.69 Å². The first-order valence-electron chi connectivity index (χ1n) is 5.75. The van der Waals surface area contributed by atoms with Crippen molar-refractivity contribution >= 4 is 16.8 Å². The highest BCUT2D eigenvalue weighted by molar-refractivity contribution is 6.05. The number of nitrogens with one attached hydrogen (secondary N) is 2. The number of carbonyl (C=O) groups excluding carboxylic acids is 1. The van der Waals surface area contributed by atoms with E-state index in [1.165, 1.54) is 0 Å². The van der Waals surface area contributed by atoms with Crippen LogP contribution < -0.4 is 10.1 Å². The number of fused-ring (bicyclic) bond motifs is 1. The van der Waals surface area contributed by atoms with Crippen molar-refractivity contribution in [3.63, 3.8) is 0 Å². The number of hydrogen-bond donors (Lipinski definition) is 2. The Kier molecular flexibility index (Phi) is 2.98. The van der Waals surface area contributed by atoms with Crippen LogP contribution in [-0.2, 0) is 0 Å². The number of amides is 1. The first-order chi connectivity index (χ1) is 8.40. The lowest BCUT2D eigenvalue weighted by Gasteiger charge is -2.19. The van der Waals surface area contributed by atoms with Gasteiger partial charge in [-0.2, -0.15) is 5.10 Å². The topological polar surface area (TPSA) is 67.0 Å². The fraction of sp³-hybridized carbons (Fsp3) is 0.385. The summed E-state index contributed by atoms with van der Waals surface area (Å²) in [5, 5.41) is 10.6. The normalized spacial score (nSPS) is 11.6. The van der Waals surface area contributed by atoms with E-state index in [0.717, 1.165) is 16.7 Å². The van der Waals surface area contributed by atoms with Gasteiger partial charge in [0.2, 0.25) is 0 Å². The number of hydrogen-bond acceptors (Lipinski definition) is 3. The molecule has 0 saturated carbocycles. The Bertz CT molecular complexity index is 581. The number of nitrogens with zero attached hydrogens (tertiary/aromatic N) is 1. The number of aromatic nitrogens is 2. The molecule has 0 fully saturated rings. The minimum atomic E-state index is -0.283. The van der Waals surface area contributed by atoms with Crippen molar-refractivity contribution in [1.82, 2.24) is 15.5 Å². The van der Waals surface area contributed by atoms with Crippen LogP contribution in [0.2, 0.25) is 0 Å². The van der Waals surface area contributed by atoms with Gasteiger partial charge < -0.3 is 10.1 Å². The van der Waals surface area contributed by atoms with Gasteiger partial charge in [0.25, 0.3) is 5.91 Å². The number of rotatable bonds is 2. The van der Waals surface area contributed by atoms with Crippen LogP contribution in [0, 0.1) is 0 Å². The number of ether oxygens (including phenoxy) is 1. The molecule has 0 bridgehead atoms. The van der Waals surface area contributed by atoms with Gasteiger partial charge in [0.1, 0.15) is 5.75 Å². The van der Waals surface area contributed by atoms with E-state index in [1.807, 2.05) is 39.0 Å². The third-order valence-electron chi connectivity index (χ3n) is 2.47. The first-order valence-corrected chi connectivity index (χ1v) is 5.75. The number of carbonyl (C=O) groups is 1. The summed E-state index contributed by atoms with van der Waals surface area (Å²) in [7, 11) is 1.60. The fourth-order valence-corrected chi connectivity index (χ4v) is 1.70. The van der Waals surface area contributed by atoms with Gasteiger partial charge in [-0.05, 0) is 32.9 Å². The van der Waals surface area contributed by atoms with E-state index >= 15 is 0 Å². The predicted octanol–water partition coefficient (Wildman–Crippen LogP) is 2.10. The minimum absolute atomic E-state index is 0.182. The lowest BCUT2D eigenvalue weighted by molar-refractivity contribution is 0.0916. The van der Waals surface area contributed by atoms with Crippen LogP contribution in [0.3, 0.4) is 0 Å². The van der Waals surface area contributed by atoms with Gasteiger partial charge in [-0.15, -0.1) is 0 Å². The molecule has 2 N–H and O–H groups in total. The number of H-pyrrole nitrogens is 1. The summed E-state index contributed by atoms with van der Waals surface area (Å²) >= 11 is 0. The fourth-order valence-electron chi connectivity index (χ4n) is 1.70. The summed E-state index contributed by atoms with van der Waals surface area (Å²) in [5.41, 5.74) is 0.908. The maximum atomic E-state index is 12.1. The van der Waals surface area contributed by atoms with Gasteiger partial charge in [0.05, 0.1) is 12.6 Å². The molecule has 0 unspecified atom stereocenters. The second-order valence-electron chi connectivity index (χ2n) is 5.19. The maximum Gasteiger partial charge on any atom is 0.272 e. The van der Waals surface area contributed by atoms with Crippen LogP contribution in [0.1, 0.15) is 31.3 Å². The van der Waals surface area contributed by atoms with Crippen molar-refractivity contribution in [2.75, 3.05) is 7.11 Å². The number of aromatic amines is 1. The van der Waals surface area contributed by atoms with E-state index in [-0.39, 0.29) is 11.4 Å². The van der Waals surface area contributed by atoms with Crippen LogP contribution in [-0.4, -0.2) is 28.8 Å². The van der Waals surface area contributed by atoms with Gasteiger partial charge in [-0.3, -0.25) is 9.89 Å². The van der Waals surface area contributed by atoms with Crippen LogP contribution in [0.5, 0.6) is 5.75 Å². The Morgan fingerprint density at radius 1 is 1.39 bits per heavy atom. The highest BCUT2D eigenvalue weighted by atomic mass is 16.5. The summed E-state index contributed by atoms with van der Waals surface area (Å²) < 4.78 is 5.12. The lowest BCUT2D eigenvalue weighted by Crippen LogP contribution is -2.40. The molecule has 0 spiro atoms. The second kappa shape index (κ2) is 4.33. The van der Waals surface area contributed by atoms with Crippen molar-refractivity contribution in [1.29, 1.82) is 0 Å². The summed E-state index contributed by atoms with van der Waals surface area (Å²) in [6.07, 6.45) is 0. The minimum Gasteiger partial charge on any atom is -0.497 e. The molecular weight excluding hydrogens is 230 g/mol. The van der Waals surface area contributed by atoms with Gasteiger partial charge in [-0.1, -0.05) is 0 Å². The van der Waals surface area contributed by atoms with Crippen molar-refractivity contribution in [2.24, 2.45) is 0 Å². The van der Waals surface area contributed by atoms with Crippen molar-refractivity contribution in [3.8, 4) is 5.75 Å². The standard InChI is InChI=1S/C13H17N3O2/c1-13(2,3)14-12(17)11-9-6-5-8(18-4)7-10(9)15-16-11/h5-7H,1-4H3,(H,14,17)(H,15,16). The Balaban J connectivity index is 2.38. The molecular formula is C13H17N3O2. The van der Waals surface area contributed by atoms with E-state index in [2.05, 4.69) is 15.5 Å². The average Bonchev–Trinajstić information content (AvgIpc) is 2.69. The summed E-state index contributed by atoms with van der Waals surface area (Å²) in [5.74, 6) is 0.549. The Morgan fingerprint density at radius 2 is 2.11 bits per heavy atom. The number of benzene rings is 1. The molecule has 0 aliphatic heterocycles. The SMILES string of the molecule is COc1ccc2c(C(=O)NC(C)(C)C)n[nH]c2c1.